The molecule has 2 aliphatic heterocycles. The van der Waals surface area contributed by atoms with Crippen molar-refractivity contribution in [2.24, 2.45) is 16.7 Å². The van der Waals surface area contributed by atoms with Crippen molar-refractivity contribution in [3.63, 3.8) is 0 Å². The average molecular weight is 611 g/mol. The minimum atomic E-state index is -0.595. The number of aryl methyl sites for hydroxylation is 1. The Kier molecular flexibility index (Phi) is 7.83. The van der Waals surface area contributed by atoms with Gasteiger partial charge in [0, 0.05) is 29.0 Å². The highest BCUT2D eigenvalue weighted by atomic mass is 16.5. The van der Waals surface area contributed by atoms with Crippen molar-refractivity contribution in [3.8, 4) is 17.3 Å². The largest absolute Gasteiger partial charge is 0.469 e. The smallest absolute Gasteiger partial charge is 0.248 e. The number of oxazole rings is 2. The molecular weight excluding hydrogens is 568 g/mol. The number of hydrogen-bond donors (Lipinski definition) is 2. The van der Waals surface area contributed by atoms with E-state index in [1.165, 1.54) is 11.8 Å². The summed E-state index contributed by atoms with van der Waals surface area (Å²) in [4.78, 5) is 36.7. The van der Waals surface area contributed by atoms with Crippen molar-refractivity contribution >= 4 is 17.4 Å². The van der Waals surface area contributed by atoms with Gasteiger partial charge in [-0.05, 0) is 48.4 Å². The summed E-state index contributed by atoms with van der Waals surface area (Å²) in [5, 5.41) is 6.69. The number of anilines is 1. The lowest BCUT2D eigenvalue weighted by atomic mass is 9.79. The maximum absolute atomic E-state index is 14.2. The number of aromatic nitrogens is 2. The predicted octanol–water partition coefficient (Wildman–Crippen LogP) is 7.37. The highest BCUT2D eigenvalue weighted by Gasteiger charge is 2.42. The zero-order chi connectivity index (χ0) is 32.1. The van der Waals surface area contributed by atoms with Crippen molar-refractivity contribution in [3.05, 3.63) is 83.3 Å². The second-order valence-electron chi connectivity index (χ2n) is 14.1. The number of nitrogens with one attached hydrogen (secondary N) is 2. The number of carbonyl (C=O) groups is 2. The maximum Gasteiger partial charge on any atom is 0.248 e. The van der Waals surface area contributed by atoms with E-state index in [1.54, 1.807) is 6.26 Å². The lowest BCUT2D eigenvalue weighted by molar-refractivity contribution is -0.134. The van der Waals surface area contributed by atoms with E-state index in [0.29, 0.717) is 30.3 Å². The van der Waals surface area contributed by atoms with E-state index in [0.717, 1.165) is 28.3 Å². The number of fused-ring (bicyclic) bond motifs is 5. The Morgan fingerprint density at radius 3 is 2.49 bits per heavy atom. The van der Waals surface area contributed by atoms with E-state index in [-0.39, 0.29) is 30.3 Å². The molecule has 2 aliphatic rings. The summed E-state index contributed by atoms with van der Waals surface area (Å²) in [7, 11) is 0. The fourth-order valence-electron chi connectivity index (χ4n) is 6.08. The van der Waals surface area contributed by atoms with Gasteiger partial charge in [0.15, 0.2) is 11.9 Å². The van der Waals surface area contributed by atoms with Crippen LogP contribution >= 0.6 is 0 Å². The number of amides is 1. The number of rotatable bonds is 10. The van der Waals surface area contributed by atoms with E-state index < -0.39 is 22.8 Å². The summed E-state index contributed by atoms with van der Waals surface area (Å²) in [6.07, 6.45) is 4.11. The van der Waals surface area contributed by atoms with E-state index in [9.17, 15) is 9.59 Å². The molecule has 1 unspecified atom stereocenters. The molecule has 0 fully saturated rings. The van der Waals surface area contributed by atoms with Gasteiger partial charge in [-0.3, -0.25) is 9.59 Å². The number of nitrogens with zero attached hydrogens (tertiary/aromatic N) is 2. The molecule has 4 heterocycles. The standard InChI is InChI=1S/C36H42N4O5/c1-8-36(6,7)28(41)17-22(15-21-13-14-27-24(16-21)29-23-11-9-10-12-25(23)38-33(29)45-27)31(42)40-30(35(3,4)5)34-39-26(19-44-34)32-37-20(2)18-43-32/h9-14,16,18-19,22,29-30,33,38H,8,15,17H2,1-7H3,(H,40,42)/t22-,29?,30-,33+/m1/s1. The molecule has 0 radical (unpaired) electrons. The number of para-hydroxylation sites is 1. The Morgan fingerprint density at radius 2 is 1.78 bits per heavy atom. The highest BCUT2D eigenvalue weighted by molar-refractivity contribution is 5.90. The van der Waals surface area contributed by atoms with Gasteiger partial charge in [0.1, 0.15) is 30.1 Å². The van der Waals surface area contributed by atoms with Crippen molar-refractivity contribution in [1.82, 2.24) is 15.3 Å². The third kappa shape index (κ3) is 6.00. The van der Waals surface area contributed by atoms with Gasteiger partial charge < -0.3 is 24.2 Å². The van der Waals surface area contributed by atoms with Crippen molar-refractivity contribution in [2.45, 2.75) is 85.9 Å². The molecule has 9 nitrogen and oxygen atoms in total. The lowest BCUT2D eigenvalue weighted by Gasteiger charge is -2.31. The van der Waals surface area contributed by atoms with Crippen LogP contribution in [0.25, 0.3) is 11.6 Å². The molecule has 1 amide bonds. The molecular formula is C36H42N4O5. The van der Waals surface area contributed by atoms with Crippen molar-refractivity contribution in [2.75, 3.05) is 5.32 Å². The average Bonchev–Trinajstić information content (AvgIpc) is 3.78. The molecule has 4 atom stereocenters. The number of hydrogen-bond acceptors (Lipinski definition) is 8. The zero-order valence-electron chi connectivity index (χ0n) is 27.1. The number of ether oxygens (including phenoxy) is 1. The van der Waals surface area contributed by atoms with Crippen LogP contribution in [-0.2, 0) is 16.0 Å². The number of Topliss-reactive ketones (excluding diaryl/α,β-unsaturated/α-hetero) is 1. The van der Waals surface area contributed by atoms with Crippen LogP contribution < -0.4 is 15.4 Å². The molecule has 2 N–H and O–H groups in total. The molecule has 0 bridgehead atoms. The monoisotopic (exact) mass is 610 g/mol. The molecule has 4 aromatic rings. The van der Waals surface area contributed by atoms with Gasteiger partial charge in [-0.1, -0.05) is 71.9 Å². The molecule has 236 valence electrons. The second kappa shape index (κ2) is 11.5. The Balaban J connectivity index is 1.28. The van der Waals surface area contributed by atoms with Gasteiger partial charge in [0.25, 0.3) is 0 Å². The van der Waals surface area contributed by atoms with Crippen LogP contribution in [0.4, 0.5) is 5.69 Å². The highest BCUT2D eigenvalue weighted by Crippen LogP contribution is 2.49. The van der Waals surface area contributed by atoms with E-state index in [2.05, 4.69) is 38.8 Å². The molecule has 2 aromatic heterocycles. The summed E-state index contributed by atoms with van der Waals surface area (Å²) in [5.74, 6) is 0.873. The van der Waals surface area contributed by atoms with Crippen LogP contribution in [0.15, 0.2) is 63.8 Å². The molecule has 45 heavy (non-hydrogen) atoms. The van der Waals surface area contributed by atoms with Crippen molar-refractivity contribution in [1.29, 1.82) is 0 Å². The van der Waals surface area contributed by atoms with Gasteiger partial charge in [-0.15, -0.1) is 0 Å². The summed E-state index contributed by atoms with van der Waals surface area (Å²) >= 11 is 0. The first-order chi connectivity index (χ1) is 21.3. The van der Waals surface area contributed by atoms with Gasteiger partial charge >= 0.3 is 0 Å². The van der Waals surface area contributed by atoms with E-state index >= 15 is 0 Å². The van der Waals surface area contributed by atoms with Gasteiger partial charge in [-0.25, -0.2) is 9.97 Å². The Morgan fingerprint density at radius 1 is 1.00 bits per heavy atom. The van der Waals surface area contributed by atoms with Crippen LogP contribution in [0, 0.1) is 23.7 Å². The zero-order valence-corrected chi connectivity index (χ0v) is 27.1. The van der Waals surface area contributed by atoms with E-state index in [4.69, 9.17) is 13.6 Å². The van der Waals surface area contributed by atoms with Gasteiger partial charge in [0.05, 0.1) is 11.6 Å². The van der Waals surface area contributed by atoms with Gasteiger partial charge in [0.2, 0.25) is 17.7 Å². The fraction of sp³-hybridized carbons (Fsp3) is 0.444. The Hall–Kier alpha value is -4.40. The Bertz CT molecular complexity index is 1730. The lowest BCUT2D eigenvalue weighted by Crippen LogP contribution is -2.42. The van der Waals surface area contributed by atoms with Crippen molar-refractivity contribution < 1.29 is 23.2 Å². The molecule has 9 heteroatoms. The van der Waals surface area contributed by atoms with Crippen LogP contribution in [-0.4, -0.2) is 27.9 Å². The van der Waals surface area contributed by atoms with Crippen LogP contribution in [0.2, 0.25) is 0 Å². The summed E-state index contributed by atoms with van der Waals surface area (Å²) < 4.78 is 17.6. The number of ketones is 1. The van der Waals surface area contributed by atoms with Gasteiger partial charge in [-0.2, -0.15) is 0 Å². The quantitative estimate of drug-likeness (QED) is 0.191. The molecule has 0 aliphatic carbocycles. The molecule has 2 aromatic carbocycles. The normalized spacial score (nSPS) is 18.3. The Labute approximate surface area is 264 Å². The SMILES string of the molecule is CCC(C)(C)C(=O)C[C@@H](Cc1ccc2c(c1)C1c3ccccc3N[C@H]1O2)C(=O)N[C@H](c1nc(-c2nc(C)co2)co1)C(C)(C)C. The molecule has 6 rings (SSSR count). The summed E-state index contributed by atoms with van der Waals surface area (Å²) in [5.41, 5.74) is 4.57. The second-order valence-corrected chi connectivity index (χ2v) is 14.1. The first-order valence-corrected chi connectivity index (χ1v) is 15.7. The minimum Gasteiger partial charge on any atom is -0.469 e. The van der Waals surface area contributed by atoms with Crippen LogP contribution in [0.3, 0.4) is 0 Å². The summed E-state index contributed by atoms with van der Waals surface area (Å²) in [6, 6.07) is 13.8. The summed E-state index contributed by atoms with van der Waals surface area (Å²) in [6.45, 7) is 13.8. The number of carbonyl (C=O) groups excluding carboxylic acids is 2. The third-order valence-corrected chi connectivity index (χ3v) is 9.24. The minimum absolute atomic E-state index is 0.0635. The third-order valence-electron chi connectivity index (χ3n) is 9.24. The first kappa shape index (κ1) is 30.6. The first-order valence-electron chi connectivity index (χ1n) is 15.7. The molecule has 0 saturated carbocycles. The fourth-order valence-corrected chi connectivity index (χ4v) is 6.08. The molecule has 0 saturated heterocycles. The number of benzene rings is 2. The molecule has 0 spiro atoms. The van der Waals surface area contributed by atoms with Crippen LogP contribution in [0.5, 0.6) is 5.75 Å². The topological polar surface area (TPSA) is 119 Å². The predicted molar refractivity (Wildman–Crippen MR) is 171 cm³/mol. The van der Waals surface area contributed by atoms with Crippen LogP contribution in [0.1, 0.15) is 94.6 Å². The maximum atomic E-state index is 14.2. The van der Waals surface area contributed by atoms with E-state index in [1.807, 2.05) is 72.7 Å².